The molecule has 1 fully saturated rings. The van der Waals surface area contributed by atoms with Gasteiger partial charge in [0.1, 0.15) is 17.2 Å². The van der Waals surface area contributed by atoms with Crippen molar-refractivity contribution in [2.75, 3.05) is 13.2 Å². The number of carbonyl (C=O) groups excluding carboxylic acids is 1. The molecule has 6 heteroatoms. The molecule has 0 spiro atoms. The first-order valence-electron chi connectivity index (χ1n) is 8.31. The fraction of sp³-hybridized carbons (Fsp3) is 0.556. The lowest BCUT2D eigenvalue weighted by molar-refractivity contribution is -0.141. The number of oxime groups is 1. The van der Waals surface area contributed by atoms with Gasteiger partial charge in [-0.25, -0.2) is 9.18 Å². The number of ether oxygens (including phenoxy) is 2. The van der Waals surface area contributed by atoms with Crippen LogP contribution in [-0.4, -0.2) is 24.9 Å². The topological polar surface area (TPSA) is 57.1 Å². The summed E-state index contributed by atoms with van der Waals surface area (Å²) in [6.07, 6.45) is 2.27. The van der Waals surface area contributed by atoms with Crippen molar-refractivity contribution < 1.29 is 23.5 Å². The Hall–Kier alpha value is -1.95. The maximum atomic E-state index is 14.6. The first-order chi connectivity index (χ1) is 11.5. The Labute approximate surface area is 141 Å². The number of hydrogen-bond donors (Lipinski definition) is 0. The van der Waals surface area contributed by atoms with E-state index < -0.39 is 11.6 Å². The number of benzene rings is 1. The minimum atomic E-state index is -0.750. The summed E-state index contributed by atoms with van der Waals surface area (Å²) in [5.41, 5.74) is 0.509. The summed E-state index contributed by atoms with van der Waals surface area (Å²) in [6, 6.07) is 4.84. The first-order valence-corrected chi connectivity index (χ1v) is 8.31. The van der Waals surface area contributed by atoms with Crippen molar-refractivity contribution in [1.29, 1.82) is 0 Å². The van der Waals surface area contributed by atoms with E-state index in [2.05, 4.69) is 5.16 Å². The fourth-order valence-electron chi connectivity index (χ4n) is 3.13. The molecule has 2 rings (SSSR count). The molecule has 1 aromatic rings. The second-order valence-electron chi connectivity index (χ2n) is 5.71. The summed E-state index contributed by atoms with van der Waals surface area (Å²) in [5, 5.41) is 3.87. The van der Waals surface area contributed by atoms with Crippen molar-refractivity contribution in [2.45, 2.75) is 52.1 Å². The van der Waals surface area contributed by atoms with Crippen molar-refractivity contribution in [1.82, 2.24) is 0 Å². The second kappa shape index (κ2) is 8.24. The van der Waals surface area contributed by atoms with Gasteiger partial charge in [-0.1, -0.05) is 11.2 Å². The Kier molecular flexibility index (Phi) is 6.31. The van der Waals surface area contributed by atoms with Crippen LogP contribution in [-0.2, 0) is 20.0 Å². The van der Waals surface area contributed by atoms with Crippen LogP contribution in [0, 0.1) is 5.82 Å². The molecule has 0 N–H and O–H groups in total. The SMILES string of the molecule is CCOc1cccc(F)c1C1(OCC)CCC(=NOC(C)=O)CC1. The van der Waals surface area contributed by atoms with E-state index in [1.807, 2.05) is 13.8 Å². The largest absolute Gasteiger partial charge is 0.493 e. The molecule has 0 unspecified atom stereocenters. The normalized spacial score (nSPS) is 20.6. The van der Waals surface area contributed by atoms with Gasteiger partial charge >= 0.3 is 5.97 Å². The van der Waals surface area contributed by atoms with Gasteiger partial charge in [0.05, 0.1) is 17.9 Å². The number of halogens is 1. The predicted molar refractivity (Wildman–Crippen MR) is 88.5 cm³/mol. The highest BCUT2D eigenvalue weighted by molar-refractivity contribution is 5.85. The number of nitrogens with zero attached hydrogens (tertiary/aromatic N) is 1. The van der Waals surface area contributed by atoms with E-state index in [1.54, 1.807) is 12.1 Å². The van der Waals surface area contributed by atoms with Crippen LogP contribution in [0.5, 0.6) is 5.75 Å². The van der Waals surface area contributed by atoms with Crippen molar-refractivity contribution in [2.24, 2.45) is 5.16 Å². The zero-order chi connectivity index (χ0) is 17.6. The molecule has 0 aliphatic heterocycles. The summed E-state index contributed by atoms with van der Waals surface area (Å²) in [4.78, 5) is 15.6. The van der Waals surface area contributed by atoms with Crippen molar-refractivity contribution in [3.8, 4) is 5.75 Å². The third kappa shape index (κ3) is 4.12. The molecule has 0 bridgehead atoms. The lowest BCUT2D eigenvalue weighted by Crippen LogP contribution is -2.36. The Morgan fingerprint density at radius 1 is 1.25 bits per heavy atom. The minimum absolute atomic E-state index is 0.324. The smallest absolute Gasteiger partial charge is 0.331 e. The van der Waals surface area contributed by atoms with Gasteiger partial charge in [0.2, 0.25) is 0 Å². The van der Waals surface area contributed by atoms with Crippen LogP contribution in [0.15, 0.2) is 23.4 Å². The van der Waals surface area contributed by atoms with E-state index in [0.29, 0.717) is 50.2 Å². The summed E-state index contributed by atoms with van der Waals surface area (Å²) < 4.78 is 26.3. The molecule has 0 amide bonds. The fourth-order valence-corrected chi connectivity index (χ4v) is 3.13. The molecule has 5 nitrogen and oxygen atoms in total. The van der Waals surface area contributed by atoms with E-state index in [0.717, 1.165) is 5.71 Å². The molecule has 1 saturated carbocycles. The van der Waals surface area contributed by atoms with Crippen LogP contribution in [0.25, 0.3) is 0 Å². The van der Waals surface area contributed by atoms with Crippen LogP contribution < -0.4 is 4.74 Å². The van der Waals surface area contributed by atoms with Gasteiger partial charge in [0, 0.05) is 13.5 Å². The van der Waals surface area contributed by atoms with Gasteiger partial charge < -0.3 is 14.3 Å². The van der Waals surface area contributed by atoms with Gasteiger partial charge in [0.25, 0.3) is 0 Å². The second-order valence-corrected chi connectivity index (χ2v) is 5.71. The van der Waals surface area contributed by atoms with Gasteiger partial charge in [0.15, 0.2) is 0 Å². The minimum Gasteiger partial charge on any atom is -0.493 e. The van der Waals surface area contributed by atoms with Crippen LogP contribution >= 0.6 is 0 Å². The van der Waals surface area contributed by atoms with Crippen molar-refractivity contribution in [3.63, 3.8) is 0 Å². The standard InChI is InChI=1S/C18H24FNO4/c1-4-22-16-8-6-7-15(19)17(16)18(23-5-2)11-9-14(10-12-18)20-24-13(3)21/h6-8H,4-5,9-12H2,1-3H3. The number of hydrogen-bond acceptors (Lipinski definition) is 5. The highest BCUT2D eigenvalue weighted by atomic mass is 19.1. The van der Waals surface area contributed by atoms with E-state index in [9.17, 15) is 9.18 Å². The third-order valence-electron chi connectivity index (χ3n) is 4.09. The van der Waals surface area contributed by atoms with Crippen LogP contribution in [0.1, 0.15) is 52.0 Å². The molecule has 1 aliphatic rings. The van der Waals surface area contributed by atoms with E-state index >= 15 is 0 Å². The van der Waals surface area contributed by atoms with Crippen LogP contribution in [0.2, 0.25) is 0 Å². The molecule has 1 aromatic carbocycles. The quantitative estimate of drug-likeness (QED) is 0.582. The van der Waals surface area contributed by atoms with Crippen LogP contribution in [0.3, 0.4) is 0 Å². The first kappa shape index (κ1) is 18.4. The molecule has 1 aliphatic carbocycles. The summed E-state index contributed by atoms with van der Waals surface area (Å²) in [5.74, 6) is -0.252. The molecule has 132 valence electrons. The third-order valence-corrected chi connectivity index (χ3v) is 4.09. The van der Waals surface area contributed by atoms with E-state index in [-0.39, 0.29) is 5.82 Å². The summed E-state index contributed by atoms with van der Waals surface area (Å²) >= 11 is 0. The zero-order valence-electron chi connectivity index (χ0n) is 14.4. The molecule has 0 heterocycles. The summed E-state index contributed by atoms with van der Waals surface area (Å²) in [7, 11) is 0. The van der Waals surface area contributed by atoms with E-state index in [1.165, 1.54) is 13.0 Å². The molecule has 0 saturated heterocycles. The highest BCUT2D eigenvalue weighted by Crippen LogP contribution is 2.45. The van der Waals surface area contributed by atoms with Crippen molar-refractivity contribution >= 4 is 11.7 Å². The Balaban J connectivity index is 2.31. The molecule has 24 heavy (non-hydrogen) atoms. The van der Waals surface area contributed by atoms with Gasteiger partial charge in [-0.05, 0) is 51.7 Å². The zero-order valence-corrected chi connectivity index (χ0v) is 14.4. The Bertz CT molecular complexity index is 605. The lowest BCUT2D eigenvalue weighted by Gasteiger charge is -2.38. The Morgan fingerprint density at radius 3 is 2.54 bits per heavy atom. The van der Waals surface area contributed by atoms with Gasteiger partial charge in [-0.3, -0.25) is 0 Å². The lowest BCUT2D eigenvalue weighted by atomic mass is 9.78. The molecule has 0 aromatic heterocycles. The Morgan fingerprint density at radius 2 is 1.96 bits per heavy atom. The summed E-state index contributed by atoms with van der Waals surface area (Å²) in [6.45, 7) is 6.00. The molecular weight excluding hydrogens is 313 g/mol. The van der Waals surface area contributed by atoms with E-state index in [4.69, 9.17) is 14.3 Å². The van der Waals surface area contributed by atoms with Crippen LogP contribution in [0.4, 0.5) is 4.39 Å². The van der Waals surface area contributed by atoms with Gasteiger partial charge in [-0.2, -0.15) is 0 Å². The molecule has 0 radical (unpaired) electrons. The number of rotatable bonds is 6. The average Bonchev–Trinajstić information content (AvgIpc) is 2.55. The average molecular weight is 337 g/mol. The number of carbonyl (C=O) groups is 1. The maximum Gasteiger partial charge on any atom is 0.331 e. The molecule has 0 atom stereocenters. The monoisotopic (exact) mass is 337 g/mol. The van der Waals surface area contributed by atoms with Gasteiger partial charge in [-0.15, -0.1) is 0 Å². The predicted octanol–water partition coefficient (Wildman–Crippen LogP) is 3.95. The molecular formula is C18H24FNO4. The highest BCUT2D eigenvalue weighted by Gasteiger charge is 2.41. The van der Waals surface area contributed by atoms with Crippen molar-refractivity contribution in [3.05, 3.63) is 29.6 Å². The maximum absolute atomic E-state index is 14.6.